The van der Waals surface area contributed by atoms with Crippen molar-refractivity contribution in [2.75, 3.05) is 19.7 Å². The minimum Gasteiger partial charge on any atom is -0.454 e. The average molecular weight is 441 g/mol. The minimum atomic E-state index is -0.829. The third kappa shape index (κ3) is 4.56. The number of nitrogens with zero attached hydrogens (tertiary/aromatic N) is 2. The maximum absolute atomic E-state index is 12.5. The first-order valence-electron chi connectivity index (χ1n) is 9.63. The molecule has 1 heterocycles. The molecule has 1 aromatic rings. The molecule has 7 nitrogen and oxygen atoms in total. The van der Waals surface area contributed by atoms with Crippen LogP contribution in [0, 0.1) is 0 Å². The van der Waals surface area contributed by atoms with E-state index < -0.39 is 30.9 Å². The predicted molar refractivity (Wildman–Crippen MR) is 107 cm³/mol. The van der Waals surface area contributed by atoms with Gasteiger partial charge in [-0.2, -0.15) is 0 Å². The summed E-state index contributed by atoms with van der Waals surface area (Å²) in [5.74, 6) is -2.40. The summed E-state index contributed by atoms with van der Waals surface area (Å²) in [4.78, 5) is 52.0. The first-order chi connectivity index (χ1) is 13.8. The first kappa shape index (κ1) is 21.6. The van der Waals surface area contributed by atoms with Crippen LogP contribution in [0.25, 0.3) is 0 Å². The molecule has 3 rings (SSSR count). The molecule has 0 unspecified atom stereocenters. The van der Waals surface area contributed by atoms with Crippen LogP contribution in [-0.4, -0.2) is 59.2 Å². The number of carbonyl (C=O) groups is 4. The molecular weight excluding hydrogens is 419 g/mol. The van der Waals surface area contributed by atoms with E-state index in [9.17, 15) is 19.2 Å². The predicted octanol–water partition coefficient (Wildman–Crippen LogP) is 3.31. The van der Waals surface area contributed by atoms with Gasteiger partial charge in [-0.3, -0.25) is 24.1 Å². The van der Waals surface area contributed by atoms with Crippen molar-refractivity contribution in [3.8, 4) is 0 Å². The fourth-order valence-electron chi connectivity index (χ4n) is 3.86. The summed E-state index contributed by atoms with van der Waals surface area (Å²) in [6.07, 6.45) is 5.25. The number of hydrogen-bond acceptors (Lipinski definition) is 5. The number of esters is 1. The lowest BCUT2D eigenvalue weighted by Gasteiger charge is -2.33. The van der Waals surface area contributed by atoms with Crippen LogP contribution in [0.5, 0.6) is 0 Å². The van der Waals surface area contributed by atoms with Gasteiger partial charge in [0.15, 0.2) is 6.61 Å². The standard InChI is InChI=1S/C20H22Cl2N2O5/c1-2-23(12-6-4-3-5-7-12)17(25)11-29-18(26)10-24-19(27)13-8-15(21)16(22)9-14(13)20(24)28/h8-9,12H,2-7,10-11H2,1H3. The molecule has 29 heavy (non-hydrogen) atoms. The summed E-state index contributed by atoms with van der Waals surface area (Å²) in [7, 11) is 0. The maximum atomic E-state index is 12.5. The van der Waals surface area contributed by atoms with E-state index in [2.05, 4.69) is 0 Å². The Kier molecular flexibility index (Phi) is 6.80. The number of fused-ring (bicyclic) bond motifs is 1. The zero-order valence-corrected chi connectivity index (χ0v) is 17.6. The number of ether oxygens (including phenoxy) is 1. The second-order valence-electron chi connectivity index (χ2n) is 7.14. The zero-order chi connectivity index (χ0) is 21.1. The van der Waals surface area contributed by atoms with Crippen LogP contribution in [0.4, 0.5) is 0 Å². The number of carbonyl (C=O) groups excluding carboxylic acids is 4. The summed E-state index contributed by atoms with van der Waals surface area (Å²) < 4.78 is 5.05. The van der Waals surface area contributed by atoms with Gasteiger partial charge in [-0.25, -0.2) is 0 Å². The van der Waals surface area contributed by atoms with Crippen molar-refractivity contribution in [2.45, 2.75) is 45.1 Å². The van der Waals surface area contributed by atoms with Gasteiger partial charge in [-0.1, -0.05) is 42.5 Å². The SMILES string of the molecule is CCN(C(=O)COC(=O)CN1C(=O)c2cc(Cl)c(Cl)cc2C1=O)C1CCCCC1. The van der Waals surface area contributed by atoms with E-state index in [1.807, 2.05) is 6.92 Å². The van der Waals surface area contributed by atoms with Gasteiger partial charge in [-0.05, 0) is 31.9 Å². The van der Waals surface area contributed by atoms with Gasteiger partial charge in [0, 0.05) is 12.6 Å². The highest BCUT2D eigenvalue weighted by Crippen LogP contribution is 2.31. The Morgan fingerprint density at radius 2 is 1.62 bits per heavy atom. The van der Waals surface area contributed by atoms with Crippen molar-refractivity contribution in [3.05, 3.63) is 33.3 Å². The molecule has 1 aromatic carbocycles. The van der Waals surface area contributed by atoms with Crippen LogP contribution in [0.1, 0.15) is 59.7 Å². The van der Waals surface area contributed by atoms with Gasteiger partial charge in [-0.15, -0.1) is 0 Å². The van der Waals surface area contributed by atoms with Crippen molar-refractivity contribution in [1.82, 2.24) is 9.80 Å². The van der Waals surface area contributed by atoms with E-state index in [1.54, 1.807) is 4.90 Å². The lowest BCUT2D eigenvalue weighted by atomic mass is 9.94. The topological polar surface area (TPSA) is 84.0 Å². The molecule has 1 saturated carbocycles. The number of rotatable bonds is 6. The monoisotopic (exact) mass is 440 g/mol. The normalized spacial score (nSPS) is 16.7. The highest BCUT2D eigenvalue weighted by atomic mass is 35.5. The van der Waals surface area contributed by atoms with Crippen LogP contribution in [0.2, 0.25) is 10.0 Å². The van der Waals surface area contributed by atoms with Gasteiger partial charge in [0.25, 0.3) is 17.7 Å². The number of benzene rings is 1. The van der Waals surface area contributed by atoms with E-state index in [1.165, 1.54) is 18.6 Å². The molecule has 0 aromatic heterocycles. The Labute approximate surface area is 178 Å². The van der Waals surface area contributed by atoms with E-state index >= 15 is 0 Å². The van der Waals surface area contributed by atoms with Gasteiger partial charge in [0.05, 0.1) is 21.2 Å². The summed E-state index contributed by atoms with van der Waals surface area (Å²) >= 11 is 11.8. The highest BCUT2D eigenvalue weighted by Gasteiger charge is 2.38. The molecule has 1 aliphatic carbocycles. The molecule has 0 radical (unpaired) electrons. The van der Waals surface area contributed by atoms with Crippen molar-refractivity contribution >= 4 is 46.9 Å². The van der Waals surface area contributed by atoms with Gasteiger partial charge < -0.3 is 9.64 Å². The summed E-state index contributed by atoms with van der Waals surface area (Å²) in [6.45, 7) is 1.44. The number of amides is 3. The smallest absolute Gasteiger partial charge is 0.326 e. The lowest BCUT2D eigenvalue weighted by Crippen LogP contribution is -2.44. The molecule has 156 valence electrons. The molecule has 3 amide bonds. The third-order valence-corrected chi connectivity index (χ3v) is 6.05. The quantitative estimate of drug-likeness (QED) is 0.500. The lowest BCUT2D eigenvalue weighted by molar-refractivity contribution is -0.153. The van der Waals surface area contributed by atoms with E-state index in [0.717, 1.165) is 30.6 Å². The minimum absolute atomic E-state index is 0.0859. The van der Waals surface area contributed by atoms with E-state index in [0.29, 0.717) is 6.54 Å². The average Bonchev–Trinajstić information content (AvgIpc) is 2.92. The van der Waals surface area contributed by atoms with Crippen LogP contribution >= 0.6 is 23.2 Å². The zero-order valence-electron chi connectivity index (χ0n) is 16.1. The van der Waals surface area contributed by atoms with Crippen molar-refractivity contribution in [2.24, 2.45) is 0 Å². The fraction of sp³-hybridized carbons (Fsp3) is 0.500. The molecule has 1 fully saturated rings. The van der Waals surface area contributed by atoms with E-state index in [4.69, 9.17) is 27.9 Å². The second-order valence-corrected chi connectivity index (χ2v) is 7.96. The first-order valence-corrected chi connectivity index (χ1v) is 10.4. The van der Waals surface area contributed by atoms with Crippen LogP contribution in [-0.2, 0) is 14.3 Å². The number of hydrogen-bond donors (Lipinski definition) is 0. The largest absolute Gasteiger partial charge is 0.454 e. The Morgan fingerprint density at radius 1 is 1.07 bits per heavy atom. The molecule has 2 aliphatic rings. The number of imide groups is 1. The Balaban J connectivity index is 1.57. The highest BCUT2D eigenvalue weighted by molar-refractivity contribution is 6.43. The second kappa shape index (κ2) is 9.13. The number of halogens is 2. The van der Waals surface area contributed by atoms with Crippen LogP contribution in [0.15, 0.2) is 12.1 Å². The van der Waals surface area contributed by atoms with Crippen molar-refractivity contribution < 1.29 is 23.9 Å². The Bertz CT molecular complexity index is 811. The Hall–Kier alpha value is -2.12. The van der Waals surface area contributed by atoms with Crippen LogP contribution in [0.3, 0.4) is 0 Å². The van der Waals surface area contributed by atoms with Gasteiger partial charge in [0.2, 0.25) is 0 Å². The maximum Gasteiger partial charge on any atom is 0.326 e. The van der Waals surface area contributed by atoms with Crippen molar-refractivity contribution in [1.29, 1.82) is 0 Å². The summed E-state index contributed by atoms with van der Waals surface area (Å²) in [6, 6.07) is 2.78. The Morgan fingerprint density at radius 3 is 2.14 bits per heavy atom. The molecule has 9 heteroatoms. The molecule has 0 spiro atoms. The van der Waals surface area contributed by atoms with Gasteiger partial charge >= 0.3 is 5.97 Å². The molecule has 0 saturated heterocycles. The van der Waals surface area contributed by atoms with Crippen LogP contribution < -0.4 is 0 Å². The molecule has 0 bridgehead atoms. The molecule has 1 aliphatic heterocycles. The molecule has 0 atom stereocenters. The third-order valence-electron chi connectivity index (χ3n) is 5.33. The van der Waals surface area contributed by atoms with Gasteiger partial charge in [0.1, 0.15) is 6.54 Å². The van der Waals surface area contributed by atoms with E-state index in [-0.39, 0.29) is 33.1 Å². The summed E-state index contributed by atoms with van der Waals surface area (Å²) in [5.41, 5.74) is 0.172. The fourth-order valence-corrected chi connectivity index (χ4v) is 4.19. The molecular formula is C20H22Cl2N2O5. The summed E-state index contributed by atoms with van der Waals surface area (Å²) in [5, 5.41) is 0.285. The number of likely N-dealkylation sites (N-methyl/N-ethyl adjacent to an activating group) is 1. The molecule has 0 N–H and O–H groups in total. The van der Waals surface area contributed by atoms with Crippen molar-refractivity contribution in [3.63, 3.8) is 0 Å².